The van der Waals surface area contributed by atoms with E-state index < -0.39 is 0 Å². The molecule has 1 fully saturated rings. The monoisotopic (exact) mass is 245 g/mol. The molecule has 0 amide bonds. The van der Waals surface area contributed by atoms with Gasteiger partial charge in [0.05, 0.1) is 6.04 Å². The molecule has 0 radical (unpaired) electrons. The summed E-state index contributed by atoms with van der Waals surface area (Å²) in [6.07, 6.45) is 12.8. The van der Waals surface area contributed by atoms with E-state index in [-0.39, 0.29) is 6.04 Å². The molecular weight excluding hydrogens is 230 g/mol. The van der Waals surface area contributed by atoms with Crippen LogP contribution in [0.3, 0.4) is 0 Å². The van der Waals surface area contributed by atoms with Crippen molar-refractivity contribution in [1.82, 2.24) is 10.6 Å². The molecule has 0 aromatic carbocycles. The summed E-state index contributed by atoms with van der Waals surface area (Å²) in [6, 6.07) is 0.216. The predicted molar refractivity (Wildman–Crippen MR) is 74.0 cm³/mol. The molecule has 2 N–H and O–H groups in total. The molecule has 1 aliphatic heterocycles. The smallest absolute Gasteiger partial charge is 0.170 e. The number of hydrogen-bond donors (Lipinski definition) is 2. The van der Waals surface area contributed by atoms with Crippen LogP contribution in [0.5, 0.6) is 0 Å². The number of thiocarbonyl (C=S) groups is 1. The average Bonchev–Trinajstić information content (AvgIpc) is 3.04. The topological polar surface area (TPSA) is 36.4 Å². The fourth-order valence-electron chi connectivity index (χ4n) is 1.94. The van der Waals surface area contributed by atoms with Crippen LogP contribution in [0, 0.1) is 5.92 Å². The molecule has 88 valence electrons. The highest BCUT2D eigenvalue weighted by molar-refractivity contribution is 7.80. The molecule has 0 saturated heterocycles. The van der Waals surface area contributed by atoms with E-state index in [2.05, 4.69) is 27.8 Å². The summed E-state index contributed by atoms with van der Waals surface area (Å²) in [5.74, 6) is 0.834. The molecule has 17 heavy (non-hydrogen) atoms. The second-order valence-electron chi connectivity index (χ2n) is 4.65. The van der Waals surface area contributed by atoms with Gasteiger partial charge in [-0.2, -0.15) is 0 Å². The maximum absolute atomic E-state index is 5.25. The van der Waals surface area contributed by atoms with Gasteiger partial charge in [-0.05, 0) is 54.8 Å². The standard InChI is InChI=1S/C13H15N3S/c17-13(15-8-9-1-2-9)16-11-3-4-12-10(7-11)5-6-14-12/h3-7,9,12H,1-2,8H2,(H2,15,16,17). The van der Waals surface area contributed by atoms with Crippen molar-refractivity contribution in [2.75, 3.05) is 6.54 Å². The highest BCUT2D eigenvalue weighted by atomic mass is 32.1. The van der Waals surface area contributed by atoms with Crippen LogP contribution in [0.4, 0.5) is 0 Å². The van der Waals surface area contributed by atoms with Gasteiger partial charge in [-0.15, -0.1) is 0 Å². The van der Waals surface area contributed by atoms with Crippen molar-refractivity contribution in [1.29, 1.82) is 0 Å². The summed E-state index contributed by atoms with van der Waals surface area (Å²) in [5, 5.41) is 7.17. The molecule has 3 aliphatic rings. The van der Waals surface area contributed by atoms with E-state index in [0.29, 0.717) is 5.11 Å². The lowest BCUT2D eigenvalue weighted by Gasteiger charge is -2.16. The number of aliphatic imine (C=N–C) groups is 1. The van der Waals surface area contributed by atoms with Gasteiger partial charge in [0.25, 0.3) is 0 Å². The van der Waals surface area contributed by atoms with Crippen LogP contribution >= 0.6 is 12.2 Å². The third-order valence-corrected chi connectivity index (χ3v) is 3.39. The van der Waals surface area contributed by atoms with Crippen molar-refractivity contribution in [2.24, 2.45) is 10.9 Å². The zero-order chi connectivity index (χ0) is 11.7. The second-order valence-corrected chi connectivity index (χ2v) is 5.06. The Labute approximate surface area is 106 Å². The zero-order valence-corrected chi connectivity index (χ0v) is 10.3. The minimum absolute atomic E-state index is 0.216. The SMILES string of the molecule is S=C(NCC1CC1)NC1=CC2=CC=NC2C=C1. The predicted octanol–water partition coefficient (Wildman–Crippen LogP) is 1.69. The maximum atomic E-state index is 5.25. The Kier molecular flexibility index (Phi) is 2.81. The summed E-state index contributed by atoms with van der Waals surface area (Å²) < 4.78 is 0. The van der Waals surface area contributed by atoms with Gasteiger partial charge < -0.3 is 10.6 Å². The van der Waals surface area contributed by atoms with E-state index >= 15 is 0 Å². The number of rotatable bonds is 3. The van der Waals surface area contributed by atoms with Crippen LogP contribution in [0.25, 0.3) is 0 Å². The van der Waals surface area contributed by atoms with Gasteiger partial charge in [0, 0.05) is 18.5 Å². The molecule has 4 heteroatoms. The van der Waals surface area contributed by atoms with Crippen molar-refractivity contribution >= 4 is 23.5 Å². The van der Waals surface area contributed by atoms with Gasteiger partial charge in [-0.3, -0.25) is 4.99 Å². The van der Waals surface area contributed by atoms with Crippen molar-refractivity contribution in [3.8, 4) is 0 Å². The Morgan fingerprint density at radius 2 is 2.35 bits per heavy atom. The largest absolute Gasteiger partial charge is 0.362 e. The number of fused-ring (bicyclic) bond motifs is 1. The molecule has 1 heterocycles. The molecule has 2 aliphatic carbocycles. The molecule has 1 saturated carbocycles. The van der Waals surface area contributed by atoms with E-state index in [9.17, 15) is 0 Å². The molecule has 0 bridgehead atoms. The number of hydrogen-bond acceptors (Lipinski definition) is 2. The lowest BCUT2D eigenvalue weighted by molar-refractivity contribution is 0.765. The van der Waals surface area contributed by atoms with E-state index in [0.717, 1.165) is 18.2 Å². The molecule has 3 rings (SSSR count). The minimum Gasteiger partial charge on any atom is -0.362 e. The second kappa shape index (κ2) is 4.45. The van der Waals surface area contributed by atoms with E-state index in [1.807, 2.05) is 18.4 Å². The fraction of sp³-hybridized carbons (Fsp3) is 0.385. The first-order valence-electron chi connectivity index (χ1n) is 5.99. The molecular formula is C13H15N3S. The summed E-state index contributed by atoms with van der Waals surface area (Å²) in [5.41, 5.74) is 2.26. The van der Waals surface area contributed by atoms with Gasteiger partial charge in [0.2, 0.25) is 0 Å². The van der Waals surface area contributed by atoms with Crippen LogP contribution < -0.4 is 10.6 Å². The number of allylic oxidation sites excluding steroid dienone is 2. The molecule has 3 nitrogen and oxygen atoms in total. The van der Waals surface area contributed by atoms with Crippen molar-refractivity contribution in [3.05, 3.63) is 35.6 Å². The summed E-state index contributed by atoms with van der Waals surface area (Å²) in [4.78, 5) is 4.31. The zero-order valence-electron chi connectivity index (χ0n) is 9.52. The molecule has 0 aromatic rings. The van der Waals surface area contributed by atoms with Crippen molar-refractivity contribution in [3.63, 3.8) is 0 Å². The highest BCUT2D eigenvalue weighted by Gasteiger charge is 2.21. The van der Waals surface area contributed by atoms with Gasteiger partial charge >= 0.3 is 0 Å². The lowest BCUT2D eigenvalue weighted by atomic mass is 10.0. The van der Waals surface area contributed by atoms with Gasteiger partial charge in [0.1, 0.15) is 0 Å². The van der Waals surface area contributed by atoms with Crippen molar-refractivity contribution < 1.29 is 0 Å². The van der Waals surface area contributed by atoms with Crippen LogP contribution in [0.2, 0.25) is 0 Å². The first-order chi connectivity index (χ1) is 8.31. The Morgan fingerprint density at radius 3 is 3.18 bits per heavy atom. The number of nitrogens with one attached hydrogen (secondary N) is 2. The molecule has 0 aromatic heterocycles. The van der Waals surface area contributed by atoms with E-state index in [4.69, 9.17) is 12.2 Å². The van der Waals surface area contributed by atoms with E-state index in [1.165, 1.54) is 18.4 Å². The normalized spacial score (nSPS) is 25.1. The van der Waals surface area contributed by atoms with Gasteiger partial charge in [-0.1, -0.05) is 6.08 Å². The first kappa shape index (κ1) is 10.7. The van der Waals surface area contributed by atoms with Crippen LogP contribution in [0.1, 0.15) is 12.8 Å². The maximum Gasteiger partial charge on any atom is 0.170 e. The average molecular weight is 245 g/mol. The van der Waals surface area contributed by atoms with Crippen LogP contribution in [0.15, 0.2) is 40.6 Å². The Balaban J connectivity index is 1.54. The summed E-state index contributed by atoms with van der Waals surface area (Å²) in [7, 11) is 0. The third-order valence-electron chi connectivity index (χ3n) is 3.14. The summed E-state index contributed by atoms with van der Waals surface area (Å²) in [6.45, 7) is 0.997. The minimum atomic E-state index is 0.216. The van der Waals surface area contributed by atoms with E-state index in [1.54, 1.807) is 0 Å². The number of nitrogens with zero attached hydrogens (tertiary/aromatic N) is 1. The van der Waals surface area contributed by atoms with Gasteiger partial charge in [0.15, 0.2) is 5.11 Å². The summed E-state index contributed by atoms with van der Waals surface area (Å²) >= 11 is 5.25. The quantitative estimate of drug-likeness (QED) is 0.743. The Hall–Kier alpha value is -1.42. The van der Waals surface area contributed by atoms with Crippen LogP contribution in [-0.2, 0) is 0 Å². The highest BCUT2D eigenvalue weighted by Crippen LogP contribution is 2.27. The molecule has 1 atom stereocenters. The lowest BCUT2D eigenvalue weighted by Crippen LogP contribution is -2.36. The molecule has 1 unspecified atom stereocenters. The van der Waals surface area contributed by atoms with Crippen LogP contribution in [-0.4, -0.2) is 23.9 Å². The van der Waals surface area contributed by atoms with Crippen molar-refractivity contribution in [2.45, 2.75) is 18.9 Å². The first-order valence-corrected chi connectivity index (χ1v) is 6.40. The Morgan fingerprint density at radius 1 is 1.47 bits per heavy atom. The fourth-order valence-corrected chi connectivity index (χ4v) is 2.14. The third kappa shape index (κ3) is 2.64. The Bertz CT molecular complexity index is 455. The van der Waals surface area contributed by atoms with Gasteiger partial charge in [-0.25, -0.2) is 0 Å². The molecule has 0 spiro atoms.